The van der Waals surface area contributed by atoms with Gasteiger partial charge in [-0.1, -0.05) is 6.07 Å². The first-order chi connectivity index (χ1) is 8.70. The van der Waals surface area contributed by atoms with Crippen molar-refractivity contribution in [1.29, 1.82) is 0 Å². The van der Waals surface area contributed by atoms with E-state index in [9.17, 15) is 0 Å². The van der Waals surface area contributed by atoms with Crippen LogP contribution in [0.3, 0.4) is 0 Å². The summed E-state index contributed by atoms with van der Waals surface area (Å²) in [6.07, 6.45) is 3.54. The SMILES string of the molecule is CNc1ncccc1CN(C)Cc1ccoc1C. The van der Waals surface area contributed by atoms with Crippen molar-refractivity contribution in [1.82, 2.24) is 9.88 Å². The summed E-state index contributed by atoms with van der Waals surface area (Å²) in [7, 11) is 3.99. The highest BCUT2D eigenvalue weighted by Gasteiger charge is 2.08. The number of aryl methyl sites for hydroxylation is 1. The molecule has 2 rings (SSSR count). The van der Waals surface area contributed by atoms with Crippen LogP contribution in [0.5, 0.6) is 0 Å². The predicted molar refractivity (Wildman–Crippen MR) is 72.4 cm³/mol. The van der Waals surface area contributed by atoms with E-state index in [0.29, 0.717) is 0 Å². The molecular weight excluding hydrogens is 226 g/mol. The molecule has 1 N–H and O–H groups in total. The molecule has 4 nitrogen and oxygen atoms in total. The minimum Gasteiger partial charge on any atom is -0.469 e. The van der Waals surface area contributed by atoms with E-state index in [0.717, 1.165) is 24.7 Å². The minimum atomic E-state index is 0.856. The highest BCUT2D eigenvalue weighted by Crippen LogP contribution is 2.16. The Kier molecular flexibility index (Phi) is 3.99. The van der Waals surface area contributed by atoms with Crippen molar-refractivity contribution in [3.8, 4) is 0 Å². The predicted octanol–water partition coefficient (Wildman–Crippen LogP) is 2.66. The molecule has 0 atom stereocenters. The van der Waals surface area contributed by atoms with E-state index < -0.39 is 0 Å². The highest BCUT2D eigenvalue weighted by molar-refractivity contribution is 5.42. The summed E-state index contributed by atoms with van der Waals surface area (Å²) >= 11 is 0. The normalized spacial score (nSPS) is 10.9. The molecule has 0 aliphatic heterocycles. The molecule has 0 aromatic carbocycles. The number of hydrogen-bond donors (Lipinski definition) is 1. The maximum atomic E-state index is 5.31. The van der Waals surface area contributed by atoms with E-state index in [1.807, 2.05) is 26.1 Å². The van der Waals surface area contributed by atoms with Crippen LogP contribution < -0.4 is 5.32 Å². The van der Waals surface area contributed by atoms with Gasteiger partial charge < -0.3 is 9.73 Å². The quantitative estimate of drug-likeness (QED) is 0.879. The van der Waals surface area contributed by atoms with E-state index in [1.54, 1.807) is 12.5 Å². The van der Waals surface area contributed by atoms with Gasteiger partial charge in [0.1, 0.15) is 11.6 Å². The van der Waals surface area contributed by atoms with Crippen LogP contribution in [0.4, 0.5) is 5.82 Å². The molecule has 2 aromatic heterocycles. The lowest BCUT2D eigenvalue weighted by Crippen LogP contribution is -2.18. The zero-order chi connectivity index (χ0) is 13.0. The number of anilines is 1. The van der Waals surface area contributed by atoms with E-state index in [-0.39, 0.29) is 0 Å². The second-order valence-electron chi connectivity index (χ2n) is 4.44. The number of nitrogens with zero attached hydrogens (tertiary/aromatic N) is 2. The Balaban J connectivity index is 2.03. The topological polar surface area (TPSA) is 41.3 Å². The van der Waals surface area contributed by atoms with Crippen molar-refractivity contribution < 1.29 is 4.42 Å². The molecule has 96 valence electrons. The van der Waals surface area contributed by atoms with Gasteiger partial charge in [0.25, 0.3) is 0 Å². The number of rotatable bonds is 5. The Labute approximate surface area is 108 Å². The van der Waals surface area contributed by atoms with Gasteiger partial charge in [-0.15, -0.1) is 0 Å². The summed E-state index contributed by atoms with van der Waals surface area (Å²) in [6, 6.07) is 6.08. The van der Waals surface area contributed by atoms with Crippen molar-refractivity contribution in [2.24, 2.45) is 0 Å². The molecule has 0 saturated carbocycles. The van der Waals surface area contributed by atoms with Crippen LogP contribution in [0.2, 0.25) is 0 Å². The van der Waals surface area contributed by atoms with Crippen molar-refractivity contribution in [3.05, 3.63) is 47.5 Å². The Morgan fingerprint density at radius 1 is 1.28 bits per heavy atom. The minimum absolute atomic E-state index is 0.856. The van der Waals surface area contributed by atoms with E-state index in [2.05, 4.69) is 28.3 Å². The van der Waals surface area contributed by atoms with Crippen molar-refractivity contribution in [3.63, 3.8) is 0 Å². The molecule has 2 heterocycles. The lowest BCUT2D eigenvalue weighted by molar-refractivity contribution is 0.316. The fourth-order valence-electron chi connectivity index (χ4n) is 2.00. The van der Waals surface area contributed by atoms with Crippen molar-refractivity contribution in [2.45, 2.75) is 20.0 Å². The van der Waals surface area contributed by atoms with Crippen molar-refractivity contribution >= 4 is 5.82 Å². The largest absolute Gasteiger partial charge is 0.469 e. The Bertz CT molecular complexity index is 507. The fraction of sp³-hybridized carbons (Fsp3) is 0.357. The second kappa shape index (κ2) is 5.69. The third-order valence-corrected chi connectivity index (χ3v) is 2.97. The monoisotopic (exact) mass is 245 g/mol. The molecule has 0 fully saturated rings. The summed E-state index contributed by atoms with van der Waals surface area (Å²) in [5.74, 6) is 1.93. The molecule has 0 bridgehead atoms. The third-order valence-electron chi connectivity index (χ3n) is 2.97. The van der Waals surface area contributed by atoms with Gasteiger partial charge in [-0.05, 0) is 26.1 Å². The summed E-state index contributed by atoms with van der Waals surface area (Å²) in [5, 5.41) is 3.11. The third kappa shape index (κ3) is 2.90. The standard InChI is InChI=1S/C14H19N3O/c1-11-12(6-8-18-11)9-17(3)10-13-5-4-7-16-14(13)15-2/h4-8H,9-10H2,1-3H3,(H,15,16). The van der Waals surface area contributed by atoms with Gasteiger partial charge in [0.05, 0.1) is 6.26 Å². The number of aromatic nitrogens is 1. The summed E-state index contributed by atoms with van der Waals surface area (Å²) < 4.78 is 5.31. The van der Waals surface area contributed by atoms with Crippen LogP contribution >= 0.6 is 0 Å². The molecule has 2 aromatic rings. The van der Waals surface area contributed by atoms with Gasteiger partial charge >= 0.3 is 0 Å². The molecule has 0 aliphatic carbocycles. The fourth-order valence-corrected chi connectivity index (χ4v) is 2.00. The molecule has 0 spiro atoms. The van der Waals surface area contributed by atoms with Crippen LogP contribution in [-0.2, 0) is 13.1 Å². The Hall–Kier alpha value is -1.81. The van der Waals surface area contributed by atoms with Gasteiger partial charge in [0, 0.05) is 37.5 Å². The van der Waals surface area contributed by atoms with Crippen molar-refractivity contribution in [2.75, 3.05) is 19.4 Å². The molecule has 18 heavy (non-hydrogen) atoms. The summed E-state index contributed by atoms with van der Waals surface area (Å²) in [5.41, 5.74) is 2.43. The van der Waals surface area contributed by atoms with Crippen LogP contribution in [0.1, 0.15) is 16.9 Å². The van der Waals surface area contributed by atoms with Gasteiger partial charge in [-0.3, -0.25) is 4.90 Å². The first-order valence-electron chi connectivity index (χ1n) is 6.04. The lowest BCUT2D eigenvalue weighted by atomic mass is 10.2. The average molecular weight is 245 g/mol. The number of pyridine rings is 1. The number of nitrogens with one attached hydrogen (secondary N) is 1. The highest BCUT2D eigenvalue weighted by atomic mass is 16.3. The van der Waals surface area contributed by atoms with Crippen LogP contribution in [-0.4, -0.2) is 24.0 Å². The van der Waals surface area contributed by atoms with Gasteiger partial charge in [-0.2, -0.15) is 0 Å². The smallest absolute Gasteiger partial charge is 0.130 e. The maximum Gasteiger partial charge on any atom is 0.130 e. The average Bonchev–Trinajstić information content (AvgIpc) is 2.75. The zero-order valence-corrected chi connectivity index (χ0v) is 11.1. The van der Waals surface area contributed by atoms with Gasteiger partial charge in [0.2, 0.25) is 0 Å². The molecule has 0 amide bonds. The summed E-state index contributed by atoms with van der Waals surface area (Å²) in [4.78, 5) is 6.55. The first kappa shape index (κ1) is 12.6. The summed E-state index contributed by atoms with van der Waals surface area (Å²) in [6.45, 7) is 3.72. The number of furan rings is 1. The zero-order valence-electron chi connectivity index (χ0n) is 11.1. The molecule has 0 radical (unpaired) electrons. The molecular formula is C14H19N3O. The first-order valence-corrected chi connectivity index (χ1v) is 6.04. The molecule has 4 heteroatoms. The molecule has 0 unspecified atom stereocenters. The van der Waals surface area contributed by atoms with E-state index >= 15 is 0 Å². The van der Waals surface area contributed by atoms with Gasteiger partial charge in [0.15, 0.2) is 0 Å². The Morgan fingerprint density at radius 2 is 2.06 bits per heavy atom. The van der Waals surface area contributed by atoms with Crippen LogP contribution in [0.15, 0.2) is 35.1 Å². The van der Waals surface area contributed by atoms with Crippen LogP contribution in [0.25, 0.3) is 0 Å². The molecule has 0 saturated heterocycles. The number of hydrogen-bond acceptors (Lipinski definition) is 4. The maximum absolute atomic E-state index is 5.31. The lowest BCUT2D eigenvalue weighted by Gasteiger charge is -2.17. The van der Waals surface area contributed by atoms with Gasteiger partial charge in [-0.25, -0.2) is 4.98 Å². The van der Waals surface area contributed by atoms with E-state index in [4.69, 9.17) is 4.42 Å². The van der Waals surface area contributed by atoms with E-state index in [1.165, 1.54) is 11.1 Å². The molecule has 0 aliphatic rings. The van der Waals surface area contributed by atoms with Crippen LogP contribution in [0, 0.1) is 6.92 Å². The second-order valence-corrected chi connectivity index (χ2v) is 4.44. The Morgan fingerprint density at radius 3 is 2.72 bits per heavy atom.